The monoisotopic (exact) mass is 282 g/mol. The minimum atomic E-state index is -0.233. The molecule has 2 aliphatic carbocycles. The van der Waals surface area contributed by atoms with Gasteiger partial charge in [-0.15, -0.1) is 0 Å². The summed E-state index contributed by atoms with van der Waals surface area (Å²) in [5.74, 6) is 1.79. The lowest BCUT2D eigenvalue weighted by molar-refractivity contribution is -0.108. The number of aliphatic hydroxyl groups is 1. The Balaban J connectivity index is 2.02. The molecule has 0 saturated heterocycles. The second kappa shape index (κ2) is 8.38. The molecule has 4 atom stereocenters. The average Bonchev–Trinajstić information content (AvgIpc) is 2.52. The van der Waals surface area contributed by atoms with Crippen molar-refractivity contribution in [1.29, 1.82) is 0 Å². The van der Waals surface area contributed by atoms with Gasteiger partial charge in [0.2, 0.25) is 0 Å². The molecule has 0 heterocycles. The van der Waals surface area contributed by atoms with Crippen LogP contribution < -0.4 is 0 Å². The molecule has 1 N–H and O–H groups in total. The maximum Gasteiger partial charge on any atom is 0.0864 e. The molecule has 2 saturated carbocycles. The molecule has 0 aliphatic heterocycles. The van der Waals surface area contributed by atoms with E-state index in [1.54, 1.807) is 0 Å². The highest BCUT2D eigenvalue weighted by atomic mass is 16.5. The molecule has 0 radical (unpaired) electrons. The van der Waals surface area contributed by atoms with Crippen molar-refractivity contribution in [2.45, 2.75) is 90.3 Å². The van der Waals surface area contributed by atoms with Crippen molar-refractivity contribution in [2.75, 3.05) is 6.61 Å². The molecule has 118 valence electrons. The Labute approximate surface area is 125 Å². The lowest BCUT2D eigenvalue weighted by Crippen LogP contribution is -2.44. The Hall–Kier alpha value is -0.0800. The summed E-state index contributed by atoms with van der Waals surface area (Å²) in [4.78, 5) is 0. The van der Waals surface area contributed by atoms with Gasteiger partial charge in [-0.1, -0.05) is 51.9 Å². The highest BCUT2D eigenvalue weighted by molar-refractivity contribution is 4.88. The van der Waals surface area contributed by atoms with Gasteiger partial charge in [0.15, 0.2) is 0 Å². The van der Waals surface area contributed by atoms with Crippen LogP contribution in [-0.2, 0) is 4.74 Å². The summed E-state index contributed by atoms with van der Waals surface area (Å²) >= 11 is 0. The fraction of sp³-hybridized carbons (Fsp3) is 1.00. The molecule has 2 fully saturated rings. The molecule has 0 aromatic heterocycles. The van der Waals surface area contributed by atoms with E-state index in [1.807, 2.05) is 0 Å². The first-order valence-electron chi connectivity index (χ1n) is 9.07. The first kappa shape index (κ1) is 16.3. The summed E-state index contributed by atoms with van der Waals surface area (Å²) in [6.07, 6.45) is 12.8. The van der Waals surface area contributed by atoms with Crippen LogP contribution in [0.3, 0.4) is 0 Å². The summed E-state index contributed by atoms with van der Waals surface area (Å²) in [5.41, 5.74) is 0. The molecule has 0 bridgehead atoms. The van der Waals surface area contributed by atoms with Crippen LogP contribution >= 0.6 is 0 Å². The Morgan fingerprint density at radius 2 is 1.60 bits per heavy atom. The zero-order valence-corrected chi connectivity index (χ0v) is 13.5. The van der Waals surface area contributed by atoms with Crippen LogP contribution in [0.4, 0.5) is 0 Å². The van der Waals surface area contributed by atoms with Gasteiger partial charge < -0.3 is 9.84 Å². The normalized spacial score (nSPS) is 31.9. The Morgan fingerprint density at radius 1 is 0.950 bits per heavy atom. The van der Waals surface area contributed by atoms with Crippen LogP contribution in [-0.4, -0.2) is 23.9 Å². The first-order valence-corrected chi connectivity index (χ1v) is 9.07. The van der Waals surface area contributed by atoms with Gasteiger partial charge in [-0.05, 0) is 43.9 Å². The van der Waals surface area contributed by atoms with E-state index in [1.165, 1.54) is 64.2 Å². The van der Waals surface area contributed by atoms with Gasteiger partial charge in [0, 0.05) is 6.61 Å². The molecule has 0 aromatic rings. The molecule has 2 heteroatoms. The third-order valence-corrected chi connectivity index (χ3v) is 5.74. The van der Waals surface area contributed by atoms with Gasteiger partial charge in [0.25, 0.3) is 0 Å². The van der Waals surface area contributed by atoms with Crippen LogP contribution in [0.15, 0.2) is 0 Å². The van der Waals surface area contributed by atoms with Crippen molar-refractivity contribution < 1.29 is 9.84 Å². The molecular weight excluding hydrogens is 248 g/mol. The molecule has 2 aliphatic rings. The largest absolute Gasteiger partial charge is 0.390 e. The predicted octanol–water partition coefficient (Wildman–Crippen LogP) is 4.55. The van der Waals surface area contributed by atoms with E-state index in [2.05, 4.69) is 13.8 Å². The Kier molecular flexibility index (Phi) is 6.83. The van der Waals surface area contributed by atoms with Crippen LogP contribution in [0.25, 0.3) is 0 Å². The summed E-state index contributed by atoms with van der Waals surface area (Å²) in [5, 5.41) is 11.0. The quantitative estimate of drug-likeness (QED) is 0.774. The highest BCUT2D eigenvalue weighted by Crippen LogP contribution is 2.39. The fourth-order valence-corrected chi connectivity index (χ4v) is 4.61. The number of aliphatic hydroxyl groups excluding tert-OH is 1. The lowest BCUT2D eigenvalue weighted by Gasteiger charge is -2.41. The van der Waals surface area contributed by atoms with Crippen molar-refractivity contribution in [1.82, 2.24) is 0 Å². The van der Waals surface area contributed by atoms with E-state index >= 15 is 0 Å². The highest BCUT2D eigenvalue weighted by Gasteiger charge is 2.38. The zero-order valence-electron chi connectivity index (χ0n) is 13.5. The maximum atomic E-state index is 11.0. The average molecular weight is 282 g/mol. The van der Waals surface area contributed by atoms with Crippen molar-refractivity contribution in [3.63, 3.8) is 0 Å². The first-order chi connectivity index (χ1) is 9.77. The van der Waals surface area contributed by atoms with Crippen LogP contribution in [0.5, 0.6) is 0 Å². The molecule has 0 spiro atoms. The van der Waals surface area contributed by atoms with Gasteiger partial charge >= 0.3 is 0 Å². The van der Waals surface area contributed by atoms with E-state index < -0.39 is 0 Å². The standard InChI is InChI=1S/C18H34O2/c1-3-14-10-8-9-13-16(14)17(19)18(20-4-2)15-11-6-5-7-12-15/h14-19H,3-13H2,1-2H3. The molecular formula is C18H34O2. The van der Waals surface area contributed by atoms with Crippen LogP contribution in [0, 0.1) is 17.8 Å². The molecule has 20 heavy (non-hydrogen) atoms. The summed E-state index contributed by atoms with van der Waals surface area (Å²) in [7, 11) is 0. The minimum Gasteiger partial charge on any atom is -0.390 e. The molecule has 2 rings (SSSR count). The Morgan fingerprint density at radius 3 is 2.25 bits per heavy atom. The van der Waals surface area contributed by atoms with E-state index in [0.29, 0.717) is 17.8 Å². The molecule has 0 aromatic carbocycles. The smallest absolute Gasteiger partial charge is 0.0864 e. The fourth-order valence-electron chi connectivity index (χ4n) is 4.61. The SMILES string of the molecule is CCOC(C1CCCCC1)C(O)C1CCCCC1CC. The summed E-state index contributed by atoms with van der Waals surface area (Å²) < 4.78 is 6.04. The van der Waals surface area contributed by atoms with E-state index in [-0.39, 0.29) is 12.2 Å². The van der Waals surface area contributed by atoms with Gasteiger partial charge in [-0.2, -0.15) is 0 Å². The minimum absolute atomic E-state index is 0.0949. The number of rotatable bonds is 6. The zero-order chi connectivity index (χ0) is 14.4. The Bertz CT molecular complexity index is 260. The molecule has 4 unspecified atom stereocenters. The second-order valence-corrected chi connectivity index (χ2v) is 6.93. The van der Waals surface area contributed by atoms with E-state index in [9.17, 15) is 5.11 Å². The number of ether oxygens (including phenoxy) is 1. The van der Waals surface area contributed by atoms with Crippen molar-refractivity contribution >= 4 is 0 Å². The predicted molar refractivity (Wildman–Crippen MR) is 83.7 cm³/mol. The number of hydrogen-bond acceptors (Lipinski definition) is 2. The van der Waals surface area contributed by atoms with Crippen molar-refractivity contribution in [3.8, 4) is 0 Å². The van der Waals surface area contributed by atoms with Crippen molar-refractivity contribution in [2.24, 2.45) is 17.8 Å². The van der Waals surface area contributed by atoms with Gasteiger partial charge in [-0.3, -0.25) is 0 Å². The third kappa shape index (κ3) is 3.98. The van der Waals surface area contributed by atoms with Gasteiger partial charge in [0.1, 0.15) is 0 Å². The second-order valence-electron chi connectivity index (χ2n) is 6.93. The van der Waals surface area contributed by atoms with Crippen LogP contribution in [0.1, 0.15) is 78.1 Å². The maximum absolute atomic E-state index is 11.0. The van der Waals surface area contributed by atoms with Crippen molar-refractivity contribution in [3.05, 3.63) is 0 Å². The number of hydrogen-bond donors (Lipinski definition) is 1. The van der Waals surface area contributed by atoms with E-state index in [4.69, 9.17) is 4.74 Å². The third-order valence-electron chi connectivity index (χ3n) is 5.74. The molecule has 0 amide bonds. The van der Waals surface area contributed by atoms with Gasteiger partial charge in [0.05, 0.1) is 12.2 Å². The summed E-state index contributed by atoms with van der Waals surface area (Å²) in [6.45, 7) is 5.09. The van der Waals surface area contributed by atoms with E-state index in [0.717, 1.165) is 6.61 Å². The topological polar surface area (TPSA) is 29.5 Å². The summed E-state index contributed by atoms with van der Waals surface area (Å²) in [6, 6.07) is 0. The van der Waals surface area contributed by atoms with Gasteiger partial charge in [-0.25, -0.2) is 0 Å². The lowest BCUT2D eigenvalue weighted by atomic mass is 9.71. The molecule has 2 nitrogen and oxygen atoms in total. The van der Waals surface area contributed by atoms with Crippen LogP contribution in [0.2, 0.25) is 0 Å².